The predicted molar refractivity (Wildman–Crippen MR) is 63.7 cm³/mol. The second-order valence-corrected chi connectivity index (χ2v) is 3.34. The van der Waals surface area contributed by atoms with E-state index in [1.165, 1.54) is 7.11 Å². The van der Waals surface area contributed by atoms with E-state index in [0.717, 1.165) is 0 Å². The topological polar surface area (TPSA) is 38.8 Å². The fraction of sp³-hybridized carbons (Fsp3) is 0.417. The van der Waals surface area contributed by atoms with Gasteiger partial charge in [0.25, 0.3) is 0 Å². The highest BCUT2D eigenvalue weighted by Gasteiger charge is 2.11. The largest absolute Gasteiger partial charge is 0.493 e. The maximum Gasteiger partial charge on any atom is 0.325 e. The molecule has 0 saturated carbocycles. The van der Waals surface area contributed by atoms with Gasteiger partial charge in [-0.2, -0.15) is 0 Å². The van der Waals surface area contributed by atoms with Gasteiger partial charge in [0.15, 0.2) is 11.5 Å². The van der Waals surface area contributed by atoms with Crippen molar-refractivity contribution in [3.05, 3.63) is 36.3 Å². The number of nitrogens with zero attached hydrogens (tertiary/aromatic N) is 1. The molecule has 0 aliphatic heterocycles. The van der Waals surface area contributed by atoms with Gasteiger partial charge in [-0.1, -0.05) is 12.7 Å². The Balaban J connectivity index is 4.65. The second-order valence-electron chi connectivity index (χ2n) is 3.34. The second kappa shape index (κ2) is 7.70. The van der Waals surface area contributed by atoms with Gasteiger partial charge < -0.3 is 9.47 Å². The number of carbonyl (C=O) groups is 1. The summed E-state index contributed by atoms with van der Waals surface area (Å²) in [5.41, 5.74) is 0. The van der Waals surface area contributed by atoms with Crippen LogP contribution in [0.4, 0.5) is 0 Å². The molecule has 4 nitrogen and oxygen atoms in total. The zero-order chi connectivity index (χ0) is 12.6. The summed E-state index contributed by atoms with van der Waals surface area (Å²) < 4.78 is 10.2. The Morgan fingerprint density at radius 3 is 2.38 bits per heavy atom. The van der Waals surface area contributed by atoms with Crippen LogP contribution in [-0.4, -0.2) is 38.6 Å². The van der Waals surface area contributed by atoms with Gasteiger partial charge in [0.05, 0.1) is 13.7 Å². The first-order chi connectivity index (χ1) is 7.54. The van der Waals surface area contributed by atoms with E-state index in [4.69, 9.17) is 9.47 Å². The Morgan fingerprint density at radius 2 is 2.00 bits per heavy atom. The smallest absolute Gasteiger partial charge is 0.325 e. The summed E-state index contributed by atoms with van der Waals surface area (Å²) >= 11 is 0. The maximum absolute atomic E-state index is 11.5. The van der Waals surface area contributed by atoms with Crippen LogP contribution in [0.2, 0.25) is 0 Å². The van der Waals surface area contributed by atoms with Crippen molar-refractivity contribution in [2.24, 2.45) is 0 Å². The lowest BCUT2D eigenvalue weighted by Gasteiger charge is -2.13. The van der Waals surface area contributed by atoms with Gasteiger partial charge >= 0.3 is 5.97 Å². The Labute approximate surface area is 96.8 Å². The van der Waals surface area contributed by atoms with E-state index < -0.39 is 0 Å². The Kier molecular flexibility index (Phi) is 6.96. The average Bonchev–Trinajstić information content (AvgIpc) is 2.18. The Hall–Kier alpha value is -1.55. The lowest BCUT2D eigenvalue weighted by Crippen LogP contribution is -2.23. The molecule has 0 fully saturated rings. The number of esters is 1. The summed E-state index contributed by atoms with van der Waals surface area (Å²) in [5.74, 6) is 0.536. The summed E-state index contributed by atoms with van der Waals surface area (Å²) in [6.07, 6.45) is 4.85. The van der Waals surface area contributed by atoms with E-state index in [2.05, 4.69) is 6.58 Å². The molecule has 0 aliphatic rings. The molecule has 0 atom stereocenters. The van der Waals surface area contributed by atoms with Crippen molar-refractivity contribution in [1.29, 1.82) is 0 Å². The van der Waals surface area contributed by atoms with Gasteiger partial charge in [0.2, 0.25) is 0 Å². The minimum Gasteiger partial charge on any atom is -0.493 e. The first-order valence-corrected chi connectivity index (χ1v) is 4.94. The number of likely N-dealkylation sites (N-methyl/N-ethyl adjacent to an activating group) is 1. The van der Waals surface area contributed by atoms with Gasteiger partial charge in [-0.25, -0.2) is 0 Å². The van der Waals surface area contributed by atoms with Crippen molar-refractivity contribution in [2.75, 3.05) is 27.7 Å². The monoisotopic (exact) mass is 225 g/mol. The molecule has 90 valence electrons. The van der Waals surface area contributed by atoms with Gasteiger partial charge in [-0.3, -0.25) is 9.69 Å². The predicted octanol–water partition coefficient (Wildman–Crippen LogP) is 1.71. The molecule has 0 radical (unpaired) electrons. The van der Waals surface area contributed by atoms with Crippen LogP contribution in [0.15, 0.2) is 36.3 Å². The van der Waals surface area contributed by atoms with Gasteiger partial charge in [-0.15, -0.1) is 0 Å². The number of hydrogen-bond acceptors (Lipinski definition) is 4. The number of methoxy groups -OCH3 is 1. The van der Waals surface area contributed by atoms with Crippen molar-refractivity contribution in [3.63, 3.8) is 0 Å². The lowest BCUT2D eigenvalue weighted by molar-refractivity contribution is -0.140. The van der Waals surface area contributed by atoms with Gasteiger partial charge in [-0.05, 0) is 33.2 Å². The number of allylic oxidation sites excluding steroid dienone is 3. The number of ether oxygens (including phenoxy) is 2. The molecule has 0 bridgehead atoms. The molecular formula is C12H19NO3. The quantitative estimate of drug-likeness (QED) is 0.392. The van der Waals surface area contributed by atoms with Gasteiger partial charge in [0.1, 0.15) is 0 Å². The molecule has 0 aromatic heterocycles. The zero-order valence-electron chi connectivity index (χ0n) is 10.3. The van der Waals surface area contributed by atoms with Crippen LogP contribution in [0, 0.1) is 0 Å². The van der Waals surface area contributed by atoms with Crippen LogP contribution in [0.5, 0.6) is 0 Å². The third-order valence-corrected chi connectivity index (χ3v) is 1.66. The number of rotatable bonds is 6. The van der Waals surface area contributed by atoms with Crippen molar-refractivity contribution in [2.45, 2.75) is 6.92 Å². The fourth-order valence-corrected chi connectivity index (χ4v) is 1.05. The van der Waals surface area contributed by atoms with Crippen LogP contribution in [0.1, 0.15) is 6.92 Å². The van der Waals surface area contributed by atoms with Crippen LogP contribution < -0.4 is 0 Å². The third kappa shape index (κ3) is 5.36. The molecule has 0 aromatic rings. The Morgan fingerprint density at radius 1 is 1.38 bits per heavy atom. The standard InChI is InChI=1S/C12H19NO3/c1-6-8-11(10(7-2)15-5)16-12(14)9-13(3)4/h6-8H,1,9H2,2-5H3. The molecule has 0 saturated heterocycles. The molecule has 0 amide bonds. The summed E-state index contributed by atoms with van der Waals surface area (Å²) in [6, 6.07) is 0. The molecule has 0 N–H and O–H groups in total. The van der Waals surface area contributed by atoms with Gasteiger partial charge in [0, 0.05) is 0 Å². The highest BCUT2D eigenvalue weighted by atomic mass is 16.6. The minimum atomic E-state index is -0.338. The Bertz CT molecular complexity index is 303. The average molecular weight is 225 g/mol. The van der Waals surface area contributed by atoms with E-state index in [0.29, 0.717) is 11.5 Å². The normalized spacial score (nSPS) is 12.6. The van der Waals surface area contributed by atoms with Crippen LogP contribution >= 0.6 is 0 Å². The SMILES string of the molecule is C=CC=C(OC(=O)CN(C)C)C(=CC)OC. The fourth-order valence-electron chi connectivity index (χ4n) is 1.05. The van der Waals surface area contributed by atoms with E-state index >= 15 is 0 Å². The van der Waals surface area contributed by atoms with E-state index in [1.54, 1.807) is 44.1 Å². The van der Waals surface area contributed by atoms with E-state index in [-0.39, 0.29) is 12.5 Å². The van der Waals surface area contributed by atoms with Crippen molar-refractivity contribution in [1.82, 2.24) is 4.90 Å². The molecule has 16 heavy (non-hydrogen) atoms. The minimum absolute atomic E-state index is 0.217. The van der Waals surface area contributed by atoms with E-state index in [1.807, 2.05) is 0 Å². The van der Waals surface area contributed by atoms with E-state index in [9.17, 15) is 4.79 Å². The highest BCUT2D eigenvalue weighted by molar-refractivity contribution is 5.73. The molecule has 0 spiro atoms. The van der Waals surface area contributed by atoms with Crippen molar-refractivity contribution >= 4 is 5.97 Å². The summed E-state index contributed by atoms with van der Waals surface area (Å²) in [4.78, 5) is 13.2. The summed E-state index contributed by atoms with van der Waals surface area (Å²) in [6.45, 7) is 5.58. The molecule has 0 rings (SSSR count). The molecule has 0 unspecified atom stereocenters. The number of hydrogen-bond donors (Lipinski definition) is 0. The van der Waals surface area contributed by atoms with Crippen molar-refractivity contribution < 1.29 is 14.3 Å². The van der Waals surface area contributed by atoms with Crippen LogP contribution in [-0.2, 0) is 14.3 Å². The molecule has 0 heterocycles. The zero-order valence-corrected chi connectivity index (χ0v) is 10.3. The molecule has 0 aliphatic carbocycles. The third-order valence-electron chi connectivity index (χ3n) is 1.66. The first kappa shape index (κ1) is 14.5. The van der Waals surface area contributed by atoms with Crippen LogP contribution in [0.25, 0.3) is 0 Å². The maximum atomic E-state index is 11.5. The van der Waals surface area contributed by atoms with Crippen LogP contribution in [0.3, 0.4) is 0 Å². The summed E-state index contributed by atoms with van der Waals surface area (Å²) in [5, 5.41) is 0. The molecule has 4 heteroatoms. The first-order valence-electron chi connectivity index (χ1n) is 4.94. The molecule has 0 aromatic carbocycles. The lowest BCUT2D eigenvalue weighted by atomic mass is 10.3. The number of carbonyl (C=O) groups excluding carboxylic acids is 1. The molecular weight excluding hydrogens is 206 g/mol. The summed E-state index contributed by atoms with van der Waals surface area (Å²) in [7, 11) is 5.11. The highest BCUT2D eigenvalue weighted by Crippen LogP contribution is 2.12. The van der Waals surface area contributed by atoms with Crippen molar-refractivity contribution in [3.8, 4) is 0 Å².